The number of thioether (sulfide) groups is 1. The van der Waals surface area contributed by atoms with Crippen molar-refractivity contribution in [3.8, 4) is 0 Å². The van der Waals surface area contributed by atoms with Crippen LogP contribution in [-0.2, 0) is 23.5 Å². The number of hydrogen-bond acceptors (Lipinski definition) is 7. The second-order valence-corrected chi connectivity index (χ2v) is 8.98. The molecule has 1 unspecified atom stereocenters. The van der Waals surface area contributed by atoms with Crippen LogP contribution in [0.25, 0.3) is 10.2 Å². The lowest BCUT2D eigenvalue weighted by molar-refractivity contribution is 0.0937. The van der Waals surface area contributed by atoms with E-state index in [0.29, 0.717) is 12.3 Å². The van der Waals surface area contributed by atoms with Gasteiger partial charge in [0.25, 0.3) is 5.56 Å². The van der Waals surface area contributed by atoms with E-state index in [1.165, 1.54) is 16.6 Å². The molecule has 0 spiro atoms. The van der Waals surface area contributed by atoms with Gasteiger partial charge in [0.15, 0.2) is 5.16 Å². The van der Waals surface area contributed by atoms with Gasteiger partial charge in [0.05, 0.1) is 23.7 Å². The number of hydrogen-bond donors (Lipinski definition) is 0. The minimum atomic E-state index is 0.0514. The predicted octanol–water partition coefficient (Wildman–Crippen LogP) is 4.10. The maximum Gasteiger partial charge on any atom is 0.263 e. The first-order chi connectivity index (χ1) is 13.1. The molecule has 4 heterocycles. The van der Waals surface area contributed by atoms with Crippen molar-refractivity contribution in [3.05, 3.63) is 38.3 Å². The molecular formula is C19H23N3O3S2. The van der Waals surface area contributed by atoms with Gasteiger partial charge < -0.3 is 9.26 Å². The highest BCUT2D eigenvalue weighted by Gasteiger charge is 2.22. The van der Waals surface area contributed by atoms with Crippen LogP contribution in [-0.4, -0.2) is 27.4 Å². The molecule has 1 saturated heterocycles. The topological polar surface area (TPSA) is 70.2 Å². The van der Waals surface area contributed by atoms with Crippen molar-refractivity contribution in [2.45, 2.75) is 63.6 Å². The predicted molar refractivity (Wildman–Crippen MR) is 108 cm³/mol. The lowest BCUT2D eigenvalue weighted by Crippen LogP contribution is -2.29. The molecule has 0 radical (unpaired) electrons. The fourth-order valence-corrected chi connectivity index (χ4v) is 5.59. The van der Waals surface area contributed by atoms with E-state index in [9.17, 15) is 4.79 Å². The van der Waals surface area contributed by atoms with E-state index in [0.717, 1.165) is 58.3 Å². The van der Waals surface area contributed by atoms with Crippen LogP contribution in [0.5, 0.6) is 0 Å². The van der Waals surface area contributed by atoms with Gasteiger partial charge in [-0.3, -0.25) is 9.36 Å². The number of aryl methyl sites for hydroxylation is 3. The van der Waals surface area contributed by atoms with Crippen molar-refractivity contribution < 1.29 is 9.26 Å². The van der Waals surface area contributed by atoms with E-state index >= 15 is 0 Å². The number of thiophene rings is 1. The van der Waals surface area contributed by atoms with Crippen LogP contribution < -0.4 is 5.56 Å². The fourth-order valence-electron chi connectivity index (χ4n) is 3.54. The van der Waals surface area contributed by atoms with Gasteiger partial charge in [0, 0.05) is 23.3 Å². The van der Waals surface area contributed by atoms with Crippen molar-refractivity contribution in [2.24, 2.45) is 0 Å². The van der Waals surface area contributed by atoms with Crippen molar-refractivity contribution in [2.75, 3.05) is 6.61 Å². The molecule has 1 aliphatic heterocycles. The Hall–Kier alpha value is -1.64. The van der Waals surface area contributed by atoms with Gasteiger partial charge in [-0.05, 0) is 38.7 Å². The Morgan fingerprint density at radius 2 is 2.26 bits per heavy atom. The van der Waals surface area contributed by atoms with E-state index in [1.807, 2.05) is 13.0 Å². The van der Waals surface area contributed by atoms with E-state index < -0.39 is 0 Å². The average molecular weight is 406 g/mol. The first kappa shape index (κ1) is 18.7. The molecule has 0 aromatic carbocycles. The van der Waals surface area contributed by atoms with E-state index in [1.54, 1.807) is 15.9 Å². The molecule has 0 aliphatic carbocycles. The van der Waals surface area contributed by atoms with Gasteiger partial charge in [-0.1, -0.05) is 23.8 Å². The molecule has 0 bridgehead atoms. The van der Waals surface area contributed by atoms with Crippen LogP contribution in [0.2, 0.25) is 0 Å². The summed E-state index contributed by atoms with van der Waals surface area (Å²) in [6.07, 6.45) is 2.96. The highest BCUT2D eigenvalue weighted by Crippen LogP contribution is 2.31. The molecule has 8 heteroatoms. The van der Waals surface area contributed by atoms with Gasteiger partial charge in [-0.2, -0.15) is 0 Å². The van der Waals surface area contributed by atoms with Crippen LogP contribution in [0.3, 0.4) is 0 Å². The van der Waals surface area contributed by atoms with Crippen molar-refractivity contribution in [3.63, 3.8) is 0 Å². The van der Waals surface area contributed by atoms with Crippen LogP contribution in [0.1, 0.15) is 41.7 Å². The van der Waals surface area contributed by atoms with Crippen molar-refractivity contribution >= 4 is 33.3 Å². The third-order valence-corrected chi connectivity index (χ3v) is 6.92. The Kier molecular flexibility index (Phi) is 5.39. The second kappa shape index (κ2) is 7.77. The van der Waals surface area contributed by atoms with E-state index in [4.69, 9.17) is 14.2 Å². The summed E-state index contributed by atoms with van der Waals surface area (Å²) in [6, 6.07) is 1.92. The lowest BCUT2D eigenvalue weighted by Gasteiger charge is -2.15. The molecule has 0 amide bonds. The highest BCUT2D eigenvalue weighted by molar-refractivity contribution is 7.98. The minimum Gasteiger partial charge on any atom is -0.376 e. The number of nitrogens with zero attached hydrogens (tertiary/aromatic N) is 3. The summed E-state index contributed by atoms with van der Waals surface area (Å²) >= 11 is 3.13. The smallest absolute Gasteiger partial charge is 0.263 e. The normalized spacial score (nSPS) is 17.2. The molecule has 3 aromatic heterocycles. The van der Waals surface area contributed by atoms with Crippen LogP contribution >= 0.6 is 23.1 Å². The largest absolute Gasteiger partial charge is 0.376 e. The third kappa shape index (κ3) is 3.70. The SMILES string of the molecule is CCc1c(C)sc2nc(SCc3cc(C)on3)n(CC3CCCO3)c(=O)c12. The number of fused-ring (bicyclic) bond motifs is 1. The maximum atomic E-state index is 13.4. The molecular weight excluding hydrogens is 382 g/mol. The number of rotatable bonds is 6. The molecule has 6 nitrogen and oxygen atoms in total. The first-order valence-corrected chi connectivity index (χ1v) is 11.1. The summed E-state index contributed by atoms with van der Waals surface area (Å²) in [5.74, 6) is 1.40. The van der Waals surface area contributed by atoms with Gasteiger partial charge in [0.1, 0.15) is 10.6 Å². The van der Waals surface area contributed by atoms with Gasteiger partial charge in [0.2, 0.25) is 0 Å². The van der Waals surface area contributed by atoms with E-state index in [-0.39, 0.29) is 11.7 Å². The summed E-state index contributed by atoms with van der Waals surface area (Å²) in [7, 11) is 0. The van der Waals surface area contributed by atoms with E-state index in [2.05, 4.69) is 19.0 Å². The summed E-state index contributed by atoms with van der Waals surface area (Å²) < 4.78 is 12.7. The summed E-state index contributed by atoms with van der Waals surface area (Å²) in [5.41, 5.74) is 2.03. The van der Waals surface area contributed by atoms with Gasteiger partial charge >= 0.3 is 0 Å². The van der Waals surface area contributed by atoms with Crippen LogP contribution in [0, 0.1) is 13.8 Å². The highest BCUT2D eigenvalue weighted by atomic mass is 32.2. The zero-order valence-corrected chi connectivity index (χ0v) is 17.4. The Balaban J connectivity index is 1.75. The molecule has 27 heavy (non-hydrogen) atoms. The molecule has 1 aliphatic rings. The molecule has 144 valence electrons. The quantitative estimate of drug-likeness (QED) is 0.454. The third-order valence-electron chi connectivity index (χ3n) is 4.87. The first-order valence-electron chi connectivity index (χ1n) is 9.26. The average Bonchev–Trinajstić information content (AvgIpc) is 3.36. The summed E-state index contributed by atoms with van der Waals surface area (Å²) in [5, 5.41) is 5.55. The van der Waals surface area contributed by atoms with Crippen molar-refractivity contribution in [1.82, 2.24) is 14.7 Å². The lowest BCUT2D eigenvalue weighted by atomic mass is 10.1. The van der Waals surface area contributed by atoms with Crippen LogP contribution in [0.15, 0.2) is 20.5 Å². The fraction of sp³-hybridized carbons (Fsp3) is 0.526. The summed E-state index contributed by atoms with van der Waals surface area (Å²) in [4.78, 5) is 20.2. The standard InChI is InChI=1S/C19H23N3O3S2/c1-4-15-12(3)27-17-16(15)18(23)22(9-14-6-5-7-24-14)19(20-17)26-10-13-8-11(2)25-21-13/h8,14H,4-7,9-10H2,1-3H3. The Morgan fingerprint density at radius 1 is 1.41 bits per heavy atom. The number of ether oxygens (including phenoxy) is 1. The monoisotopic (exact) mass is 405 g/mol. The number of aromatic nitrogens is 3. The molecule has 0 N–H and O–H groups in total. The molecule has 3 aromatic rings. The molecule has 0 saturated carbocycles. The molecule has 1 fully saturated rings. The zero-order valence-electron chi connectivity index (χ0n) is 15.8. The minimum absolute atomic E-state index is 0.0514. The summed E-state index contributed by atoms with van der Waals surface area (Å²) in [6.45, 7) is 7.36. The van der Waals surface area contributed by atoms with Gasteiger partial charge in [-0.25, -0.2) is 4.98 Å². The maximum absolute atomic E-state index is 13.4. The van der Waals surface area contributed by atoms with Gasteiger partial charge in [-0.15, -0.1) is 11.3 Å². The molecule has 1 atom stereocenters. The van der Waals surface area contributed by atoms with Crippen molar-refractivity contribution in [1.29, 1.82) is 0 Å². The molecule has 4 rings (SSSR count). The Morgan fingerprint density at radius 3 is 2.93 bits per heavy atom. The van der Waals surface area contributed by atoms with Crippen LogP contribution in [0.4, 0.5) is 0 Å². The zero-order chi connectivity index (χ0) is 19.0. The Labute approximate surface area is 165 Å². The Bertz CT molecular complexity index is 1020. The second-order valence-electron chi connectivity index (χ2n) is 6.83.